The highest BCUT2D eigenvalue weighted by atomic mass is 16.4. The van der Waals surface area contributed by atoms with Gasteiger partial charge in [-0.05, 0) is 18.9 Å². The van der Waals surface area contributed by atoms with E-state index in [1.807, 2.05) is 12.3 Å². The van der Waals surface area contributed by atoms with Gasteiger partial charge in [-0.3, -0.25) is 9.48 Å². The number of hydrogen-bond acceptors (Lipinski definition) is 2. The van der Waals surface area contributed by atoms with Crippen LogP contribution in [-0.2, 0) is 4.79 Å². The molecule has 0 unspecified atom stereocenters. The second-order valence-corrected chi connectivity index (χ2v) is 3.78. The van der Waals surface area contributed by atoms with Crippen LogP contribution in [0.3, 0.4) is 0 Å². The molecule has 0 radical (unpaired) electrons. The number of carboxylic acids is 1. The third-order valence-corrected chi connectivity index (χ3v) is 2.91. The number of aromatic nitrogens is 2. The van der Waals surface area contributed by atoms with Crippen molar-refractivity contribution in [1.82, 2.24) is 9.78 Å². The topological polar surface area (TPSA) is 55.1 Å². The molecule has 1 aliphatic carbocycles. The van der Waals surface area contributed by atoms with Gasteiger partial charge < -0.3 is 5.11 Å². The number of carboxylic acid groups (broad SMARTS) is 1. The summed E-state index contributed by atoms with van der Waals surface area (Å²) in [5, 5.41) is 13.2. The zero-order valence-electron chi connectivity index (χ0n) is 7.97. The minimum atomic E-state index is -0.690. The summed E-state index contributed by atoms with van der Waals surface area (Å²) in [5.74, 6) is -0.950. The molecule has 0 spiro atoms. The fourth-order valence-electron chi connectivity index (χ4n) is 2.19. The lowest BCUT2D eigenvalue weighted by Gasteiger charge is -2.28. The summed E-state index contributed by atoms with van der Waals surface area (Å²) < 4.78 is 1.79. The summed E-state index contributed by atoms with van der Waals surface area (Å²) in [6, 6.07) is 1.89. The molecule has 1 fully saturated rings. The Hall–Kier alpha value is -1.32. The van der Waals surface area contributed by atoms with Crippen molar-refractivity contribution in [1.29, 1.82) is 0 Å². The largest absolute Gasteiger partial charge is 0.481 e. The van der Waals surface area contributed by atoms with Crippen molar-refractivity contribution in [2.24, 2.45) is 5.92 Å². The normalized spacial score (nSPS) is 27.4. The molecular weight excluding hydrogens is 180 g/mol. The second-order valence-electron chi connectivity index (χ2n) is 3.78. The highest BCUT2D eigenvalue weighted by Gasteiger charge is 2.32. The average Bonchev–Trinajstić information content (AvgIpc) is 2.70. The predicted octanol–water partition coefficient (Wildman–Crippen LogP) is 1.70. The first-order valence-electron chi connectivity index (χ1n) is 5.01. The van der Waals surface area contributed by atoms with Crippen LogP contribution < -0.4 is 0 Å². The average molecular weight is 194 g/mol. The van der Waals surface area contributed by atoms with Gasteiger partial charge in [0.05, 0.1) is 12.0 Å². The molecule has 1 aromatic rings. The number of nitrogens with zero attached hydrogens (tertiary/aromatic N) is 2. The highest BCUT2D eigenvalue weighted by molar-refractivity contribution is 5.70. The maximum atomic E-state index is 11.0. The lowest BCUT2D eigenvalue weighted by Crippen LogP contribution is -2.29. The predicted molar refractivity (Wildman–Crippen MR) is 50.9 cm³/mol. The lowest BCUT2D eigenvalue weighted by atomic mass is 9.85. The molecule has 1 N–H and O–H groups in total. The van der Waals surface area contributed by atoms with Crippen molar-refractivity contribution in [3.63, 3.8) is 0 Å². The number of rotatable bonds is 2. The summed E-state index contributed by atoms with van der Waals surface area (Å²) in [6.45, 7) is 0. The van der Waals surface area contributed by atoms with Crippen molar-refractivity contribution >= 4 is 5.97 Å². The number of aliphatic carboxylic acids is 1. The molecule has 2 rings (SSSR count). The summed E-state index contributed by atoms with van der Waals surface area (Å²) in [4.78, 5) is 11.0. The van der Waals surface area contributed by atoms with E-state index < -0.39 is 5.97 Å². The zero-order chi connectivity index (χ0) is 9.97. The van der Waals surface area contributed by atoms with E-state index in [1.165, 1.54) is 0 Å². The van der Waals surface area contributed by atoms with Crippen LogP contribution >= 0.6 is 0 Å². The molecule has 1 aliphatic rings. The van der Waals surface area contributed by atoms with E-state index in [-0.39, 0.29) is 12.0 Å². The Balaban J connectivity index is 2.18. The number of carbonyl (C=O) groups is 1. The molecule has 1 aromatic heterocycles. The smallest absolute Gasteiger partial charge is 0.308 e. The quantitative estimate of drug-likeness (QED) is 0.779. The van der Waals surface area contributed by atoms with Gasteiger partial charge in [0, 0.05) is 12.4 Å². The molecule has 4 heteroatoms. The third kappa shape index (κ3) is 1.64. The van der Waals surface area contributed by atoms with Gasteiger partial charge in [-0.15, -0.1) is 0 Å². The van der Waals surface area contributed by atoms with E-state index in [4.69, 9.17) is 5.11 Å². The van der Waals surface area contributed by atoms with Crippen LogP contribution in [-0.4, -0.2) is 20.9 Å². The molecule has 4 nitrogen and oxygen atoms in total. The van der Waals surface area contributed by atoms with Gasteiger partial charge in [-0.2, -0.15) is 5.10 Å². The van der Waals surface area contributed by atoms with Crippen LogP contribution in [0.2, 0.25) is 0 Å². The minimum absolute atomic E-state index is 0.0521. The van der Waals surface area contributed by atoms with Gasteiger partial charge >= 0.3 is 5.97 Å². The van der Waals surface area contributed by atoms with Crippen molar-refractivity contribution in [3.05, 3.63) is 18.5 Å². The van der Waals surface area contributed by atoms with E-state index in [0.717, 1.165) is 25.7 Å². The summed E-state index contributed by atoms with van der Waals surface area (Å²) in [5.41, 5.74) is 0. The third-order valence-electron chi connectivity index (χ3n) is 2.91. The van der Waals surface area contributed by atoms with Gasteiger partial charge in [-0.1, -0.05) is 12.8 Å². The van der Waals surface area contributed by atoms with Gasteiger partial charge in [0.2, 0.25) is 0 Å². The van der Waals surface area contributed by atoms with Crippen molar-refractivity contribution in [2.45, 2.75) is 31.7 Å². The Labute approximate surface area is 82.5 Å². The van der Waals surface area contributed by atoms with Crippen LogP contribution in [0.25, 0.3) is 0 Å². The fraction of sp³-hybridized carbons (Fsp3) is 0.600. The number of hydrogen-bond donors (Lipinski definition) is 1. The molecule has 0 saturated heterocycles. The van der Waals surface area contributed by atoms with E-state index in [0.29, 0.717) is 0 Å². The molecule has 2 atom stereocenters. The molecule has 0 amide bonds. The maximum Gasteiger partial charge on any atom is 0.308 e. The first-order chi connectivity index (χ1) is 6.79. The van der Waals surface area contributed by atoms with Crippen molar-refractivity contribution < 1.29 is 9.90 Å². The van der Waals surface area contributed by atoms with Crippen LogP contribution in [0.1, 0.15) is 31.7 Å². The Bertz CT molecular complexity index is 308. The molecule has 14 heavy (non-hydrogen) atoms. The van der Waals surface area contributed by atoms with Crippen LogP contribution in [0.15, 0.2) is 18.5 Å². The van der Waals surface area contributed by atoms with Crippen LogP contribution in [0.5, 0.6) is 0 Å². The fourth-order valence-corrected chi connectivity index (χ4v) is 2.19. The SMILES string of the molecule is O=C(O)[C@@H]1CCCC[C@H]1n1cccn1. The Morgan fingerprint density at radius 1 is 1.43 bits per heavy atom. The second kappa shape index (κ2) is 3.82. The summed E-state index contributed by atoms with van der Waals surface area (Å²) in [7, 11) is 0. The maximum absolute atomic E-state index is 11.0. The molecule has 0 aromatic carbocycles. The van der Waals surface area contributed by atoms with Gasteiger partial charge in [-0.25, -0.2) is 0 Å². The molecule has 1 heterocycles. The monoisotopic (exact) mass is 194 g/mol. The van der Waals surface area contributed by atoms with Crippen LogP contribution in [0.4, 0.5) is 0 Å². The van der Waals surface area contributed by atoms with Crippen molar-refractivity contribution in [3.8, 4) is 0 Å². The van der Waals surface area contributed by atoms with Gasteiger partial charge in [0.15, 0.2) is 0 Å². The van der Waals surface area contributed by atoms with E-state index in [2.05, 4.69) is 5.10 Å². The van der Waals surface area contributed by atoms with Gasteiger partial charge in [0.25, 0.3) is 0 Å². The minimum Gasteiger partial charge on any atom is -0.481 e. The standard InChI is InChI=1S/C10H14N2O2/c13-10(14)8-4-1-2-5-9(8)12-7-3-6-11-12/h3,6-9H,1-2,4-5H2,(H,13,14)/t8-,9-/m1/s1. The summed E-state index contributed by atoms with van der Waals surface area (Å²) in [6.07, 6.45) is 7.39. The first-order valence-corrected chi connectivity index (χ1v) is 5.01. The molecular formula is C10H14N2O2. The van der Waals surface area contributed by atoms with Crippen LogP contribution in [0, 0.1) is 5.92 Å². The Kier molecular flexibility index (Phi) is 2.52. The summed E-state index contributed by atoms with van der Waals surface area (Å²) >= 11 is 0. The zero-order valence-corrected chi connectivity index (χ0v) is 7.97. The lowest BCUT2D eigenvalue weighted by molar-refractivity contribution is -0.144. The Morgan fingerprint density at radius 3 is 2.86 bits per heavy atom. The van der Waals surface area contributed by atoms with E-state index in [1.54, 1.807) is 10.9 Å². The Morgan fingerprint density at radius 2 is 2.21 bits per heavy atom. The van der Waals surface area contributed by atoms with Gasteiger partial charge in [0.1, 0.15) is 0 Å². The highest BCUT2D eigenvalue weighted by Crippen LogP contribution is 2.33. The van der Waals surface area contributed by atoms with E-state index in [9.17, 15) is 4.79 Å². The molecule has 1 saturated carbocycles. The molecule has 0 aliphatic heterocycles. The molecule has 0 bridgehead atoms. The first kappa shape index (κ1) is 9.24. The van der Waals surface area contributed by atoms with Crippen molar-refractivity contribution in [2.75, 3.05) is 0 Å². The van der Waals surface area contributed by atoms with E-state index >= 15 is 0 Å². The molecule has 76 valence electrons.